The SMILES string of the molecule is CSc1ccc(OCC2(CS)CCCC2)cc1. The summed E-state index contributed by atoms with van der Waals surface area (Å²) in [7, 11) is 0. The maximum absolute atomic E-state index is 5.93. The first kappa shape index (κ1) is 13.2. The molecule has 0 amide bonds. The van der Waals surface area contributed by atoms with Gasteiger partial charge in [0.05, 0.1) is 6.61 Å². The van der Waals surface area contributed by atoms with E-state index in [0.29, 0.717) is 5.41 Å². The first-order valence-electron chi connectivity index (χ1n) is 6.16. The van der Waals surface area contributed by atoms with E-state index in [1.165, 1.54) is 30.6 Å². The second kappa shape index (κ2) is 6.05. The van der Waals surface area contributed by atoms with Crippen molar-refractivity contribution < 1.29 is 4.74 Å². The molecule has 0 aliphatic heterocycles. The van der Waals surface area contributed by atoms with Gasteiger partial charge in [-0.15, -0.1) is 11.8 Å². The van der Waals surface area contributed by atoms with E-state index < -0.39 is 0 Å². The lowest BCUT2D eigenvalue weighted by molar-refractivity contribution is 0.173. The van der Waals surface area contributed by atoms with Gasteiger partial charge < -0.3 is 4.74 Å². The Labute approximate surface area is 114 Å². The first-order chi connectivity index (χ1) is 8.28. The number of benzene rings is 1. The molecule has 0 saturated heterocycles. The largest absolute Gasteiger partial charge is 0.493 e. The normalized spacial score (nSPS) is 18.2. The predicted molar refractivity (Wildman–Crippen MR) is 78.5 cm³/mol. The highest BCUT2D eigenvalue weighted by atomic mass is 32.2. The van der Waals surface area contributed by atoms with Crippen molar-refractivity contribution in [3.05, 3.63) is 24.3 Å². The van der Waals surface area contributed by atoms with Crippen LogP contribution in [-0.4, -0.2) is 18.6 Å². The van der Waals surface area contributed by atoms with Crippen LogP contribution in [0.2, 0.25) is 0 Å². The van der Waals surface area contributed by atoms with Crippen molar-refractivity contribution in [2.75, 3.05) is 18.6 Å². The van der Waals surface area contributed by atoms with Crippen molar-refractivity contribution in [1.29, 1.82) is 0 Å². The lowest BCUT2D eigenvalue weighted by Crippen LogP contribution is -2.27. The maximum atomic E-state index is 5.93. The molecule has 1 aliphatic rings. The van der Waals surface area contributed by atoms with Crippen LogP contribution in [0.3, 0.4) is 0 Å². The molecule has 1 aromatic carbocycles. The van der Waals surface area contributed by atoms with E-state index in [4.69, 9.17) is 4.74 Å². The van der Waals surface area contributed by atoms with E-state index in [2.05, 4.69) is 43.2 Å². The summed E-state index contributed by atoms with van der Waals surface area (Å²) in [4.78, 5) is 1.28. The van der Waals surface area contributed by atoms with Crippen LogP contribution in [0.15, 0.2) is 29.2 Å². The van der Waals surface area contributed by atoms with Gasteiger partial charge in [0.15, 0.2) is 0 Å². The Morgan fingerprint density at radius 1 is 1.24 bits per heavy atom. The Morgan fingerprint density at radius 3 is 2.41 bits per heavy atom. The summed E-state index contributed by atoms with van der Waals surface area (Å²) in [6, 6.07) is 8.35. The highest BCUT2D eigenvalue weighted by Gasteiger charge is 2.33. The zero-order valence-electron chi connectivity index (χ0n) is 10.3. The van der Waals surface area contributed by atoms with Crippen molar-refractivity contribution in [3.63, 3.8) is 0 Å². The monoisotopic (exact) mass is 268 g/mol. The second-order valence-electron chi connectivity index (χ2n) is 4.83. The fraction of sp³-hybridized carbons (Fsp3) is 0.571. The van der Waals surface area contributed by atoms with Gasteiger partial charge in [-0.25, -0.2) is 0 Å². The minimum atomic E-state index is 0.321. The lowest BCUT2D eigenvalue weighted by atomic mass is 9.90. The third kappa shape index (κ3) is 3.35. The molecule has 1 aromatic rings. The average Bonchev–Trinajstić information content (AvgIpc) is 2.86. The third-order valence-corrected chi connectivity index (χ3v) is 5.02. The van der Waals surface area contributed by atoms with Crippen molar-refractivity contribution in [1.82, 2.24) is 0 Å². The van der Waals surface area contributed by atoms with Crippen LogP contribution in [0.1, 0.15) is 25.7 Å². The number of thioether (sulfide) groups is 1. The molecule has 1 aliphatic carbocycles. The molecule has 0 atom stereocenters. The molecule has 1 saturated carbocycles. The van der Waals surface area contributed by atoms with Gasteiger partial charge in [-0.1, -0.05) is 12.8 Å². The maximum Gasteiger partial charge on any atom is 0.119 e. The summed E-state index contributed by atoms with van der Waals surface area (Å²) in [6.07, 6.45) is 7.27. The summed E-state index contributed by atoms with van der Waals surface area (Å²) in [6.45, 7) is 0.815. The van der Waals surface area contributed by atoms with Gasteiger partial charge in [-0.05, 0) is 49.1 Å². The van der Waals surface area contributed by atoms with Crippen LogP contribution in [0, 0.1) is 5.41 Å². The van der Waals surface area contributed by atoms with E-state index in [1.54, 1.807) is 11.8 Å². The molecule has 2 rings (SSSR count). The molecule has 1 fully saturated rings. The van der Waals surface area contributed by atoms with E-state index in [0.717, 1.165) is 18.1 Å². The molecule has 94 valence electrons. The molecule has 17 heavy (non-hydrogen) atoms. The highest BCUT2D eigenvalue weighted by molar-refractivity contribution is 7.98. The zero-order valence-corrected chi connectivity index (χ0v) is 12.0. The number of ether oxygens (including phenoxy) is 1. The smallest absolute Gasteiger partial charge is 0.119 e. The highest BCUT2D eigenvalue weighted by Crippen LogP contribution is 2.39. The van der Waals surface area contributed by atoms with Crippen LogP contribution in [0.4, 0.5) is 0 Å². The first-order valence-corrected chi connectivity index (χ1v) is 8.01. The minimum absolute atomic E-state index is 0.321. The molecule has 0 N–H and O–H groups in total. The molecular weight excluding hydrogens is 248 g/mol. The summed E-state index contributed by atoms with van der Waals surface area (Å²) >= 11 is 6.25. The Morgan fingerprint density at radius 2 is 1.88 bits per heavy atom. The van der Waals surface area contributed by atoms with Crippen LogP contribution < -0.4 is 4.74 Å². The van der Waals surface area contributed by atoms with Gasteiger partial charge in [-0.3, -0.25) is 0 Å². The topological polar surface area (TPSA) is 9.23 Å². The fourth-order valence-corrected chi connectivity index (χ4v) is 3.20. The molecule has 3 heteroatoms. The number of hydrogen-bond acceptors (Lipinski definition) is 3. The standard InChI is InChI=1S/C14H20OS2/c1-17-13-6-4-12(5-7-13)15-10-14(11-16)8-2-3-9-14/h4-7,16H,2-3,8-11H2,1H3. The van der Waals surface area contributed by atoms with Gasteiger partial charge >= 0.3 is 0 Å². The molecule has 0 heterocycles. The van der Waals surface area contributed by atoms with Gasteiger partial charge in [-0.2, -0.15) is 12.6 Å². The van der Waals surface area contributed by atoms with E-state index in [-0.39, 0.29) is 0 Å². The Bertz CT molecular complexity index is 342. The lowest BCUT2D eigenvalue weighted by Gasteiger charge is -2.26. The van der Waals surface area contributed by atoms with E-state index in [9.17, 15) is 0 Å². The number of hydrogen-bond donors (Lipinski definition) is 1. The second-order valence-corrected chi connectivity index (χ2v) is 6.03. The van der Waals surface area contributed by atoms with Crippen molar-refractivity contribution in [3.8, 4) is 5.75 Å². The van der Waals surface area contributed by atoms with Gasteiger partial charge in [0, 0.05) is 10.3 Å². The quantitative estimate of drug-likeness (QED) is 0.630. The molecule has 0 radical (unpaired) electrons. The van der Waals surface area contributed by atoms with Crippen LogP contribution in [0.5, 0.6) is 5.75 Å². The predicted octanol–water partition coefficient (Wildman–Crippen LogP) is 4.28. The van der Waals surface area contributed by atoms with Crippen molar-refractivity contribution in [2.24, 2.45) is 5.41 Å². The molecule has 0 aromatic heterocycles. The fourth-order valence-electron chi connectivity index (χ4n) is 2.38. The molecule has 0 unspecified atom stereocenters. The van der Waals surface area contributed by atoms with Gasteiger partial charge in [0.25, 0.3) is 0 Å². The Kier molecular flexibility index (Phi) is 4.69. The molecule has 0 bridgehead atoms. The average molecular weight is 268 g/mol. The summed E-state index contributed by atoms with van der Waals surface area (Å²) in [5.74, 6) is 1.92. The minimum Gasteiger partial charge on any atom is -0.493 e. The van der Waals surface area contributed by atoms with Crippen molar-refractivity contribution >= 4 is 24.4 Å². The van der Waals surface area contributed by atoms with Crippen LogP contribution in [0.25, 0.3) is 0 Å². The summed E-state index contributed by atoms with van der Waals surface area (Å²) in [5, 5.41) is 0. The van der Waals surface area contributed by atoms with Gasteiger partial charge in [0.1, 0.15) is 5.75 Å². The Hall–Kier alpha value is -0.280. The van der Waals surface area contributed by atoms with E-state index >= 15 is 0 Å². The number of rotatable bonds is 5. The van der Waals surface area contributed by atoms with Crippen LogP contribution >= 0.6 is 24.4 Å². The zero-order chi connectivity index (χ0) is 12.1. The summed E-state index contributed by atoms with van der Waals surface area (Å²) in [5.41, 5.74) is 0.321. The summed E-state index contributed by atoms with van der Waals surface area (Å²) < 4.78 is 5.93. The molecule has 0 spiro atoms. The Balaban J connectivity index is 1.92. The van der Waals surface area contributed by atoms with E-state index in [1.807, 2.05) is 0 Å². The third-order valence-electron chi connectivity index (χ3n) is 3.60. The number of thiol groups is 1. The van der Waals surface area contributed by atoms with Crippen LogP contribution in [-0.2, 0) is 0 Å². The van der Waals surface area contributed by atoms with Gasteiger partial charge in [0.2, 0.25) is 0 Å². The molecule has 1 nitrogen and oxygen atoms in total. The van der Waals surface area contributed by atoms with Crippen molar-refractivity contribution in [2.45, 2.75) is 30.6 Å². The molecular formula is C14H20OS2.